The number of halogens is 1. The van der Waals surface area contributed by atoms with E-state index in [1.807, 2.05) is 54.7 Å². The molecule has 5 nitrogen and oxygen atoms in total. The number of rotatable bonds is 8. The van der Waals surface area contributed by atoms with Crippen molar-refractivity contribution in [3.05, 3.63) is 77.1 Å². The predicted molar refractivity (Wildman–Crippen MR) is 133 cm³/mol. The number of benzene rings is 2. The summed E-state index contributed by atoms with van der Waals surface area (Å²) in [5.74, 6) is -0.344. The zero-order valence-electron chi connectivity index (χ0n) is 19.3. The topological polar surface area (TPSA) is 39.7 Å². The molecule has 3 aromatic rings. The highest BCUT2D eigenvalue weighted by atomic mass is 32.1. The van der Waals surface area contributed by atoms with Crippen molar-refractivity contribution in [1.82, 2.24) is 9.88 Å². The lowest BCUT2D eigenvalue weighted by atomic mass is 10.0. The van der Waals surface area contributed by atoms with Gasteiger partial charge in [-0.2, -0.15) is 0 Å². The summed E-state index contributed by atoms with van der Waals surface area (Å²) < 4.78 is 13.6. The molecule has 0 bridgehead atoms. The minimum atomic E-state index is -0.349. The van der Waals surface area contributed by atoms with Gasteiger partial charge in [-0.05, 0) is 69.6 Å². The summed E-state index contributed by atoms with van der Waals surface area (Å²) in [5.41, 5.74) is 2.63. The van der Waals surface area contributed by atoms with Crippen molar-refractivity contribution in [2.75, 3.05) is 37.0 Å². The zero-order valence-corrected chi connectivity index (χ0v) is 20.1. The van der Waals surface area contributed by atoms with Crippen LogP contribution in [0.3, 0.4) is 0 Å². The Balaban J connectivity index is 1.59. The number of carbonyl (C=O) groups is 1. The summed E-state index contributed by atoms with van der Waals surface area (Å²) in [7, 11) is 3.84. The molecule has 1 unspecified atom stereocenters. The van der Waals surface area contributed by atoms with Gasteiger partial charge in [0.25, 0.3) is 0 Å². The molecule has 2 heterocycles. The van der Waals surface area contributed by atoms with Gasteiger partial charge in [-0.1, -0.05) is 30.3 Å². The van der Waals surface area contributed by atoms with Gasteiger partial charge >= 0.3 is 0 Å². The predicted octanol–water partition coefficient (Wildman–Crippen LogP) is 4.98. The van der Waals surface area contributed by atoms with Gasteiger partial charge < -0.3 is 9.80 Å². The van der Waals surface area contributed by atoms with Crippen molar-refractivity contribution in [3.8, 4) is 0 Å². The number of piperidine rings is 1. The van der Waals surface area contributed by atoms with Crippen molar-refractivity contribution in [3.63, 3.8) is 0 Å². The van der Waals surface area contributed by atoms with Crippen LogP contribution in [-0.4, -0.2) is 49.0 Å². The first-order chi connectivity index (χ1) is 16.0. The van der Waals surface area contributed by atoms with Crippen LogP contribution in [0.4, 0.5) is 15.2 Å². The second kappa shape index (κ2) is 10.9. The summed E-state index contributed by atoms with van der Waals surface area (Å²) in [6.07, 6.45) is 4.26. The molecule has 1 atom stereocenters. The molecule has 1 aliphatic rings. The first-order valence-electron chi connectivity index (χ1n) is 11.5. The van der Waals surface area contributed by atoms with E-state index in [4.69, 9.17) is 4.98 Å². The molecule has 4 rings (SSSR count). The van der Waals surface area contributed by atoms with Crippen LogP contribution < -0.4 is 9.80 Å². The molecule has 1 aliphatic heterocycles. The average Bonchev–Trinajstić information content (AvgIpc) is 3.31. The maximum atomic E-state index is 13.8. The monoisotopic (exact) mass is 466 g/mol. The maximum absolute atomic E-state index is 13.8. The lowest BCUT2D eigenvalue weighted by Crippen LogP contribution is -2.47. The van der Waals surface area contributed by atoms with E-state index in [1.54, 1.807) is 28.4 Å². The van der Waals surface area contributed by atoms with Crippen LogP contribution in [0.25, 0.3) is 0 Å². The summed E-state index contributed by atoms with van der Waals surface area (Å²) in [4.78, 5) is 24.7. The fourth-order valence-electron chi connectivity index (χ4n) is 4.19. The minimum Gasteiger partial charge on any atom is -0.348 e. The molecule has 1 fully saturated rings. The van der Waals surface area contributed by atoms with E-state index >= 15 is 0 Å². The van der Waals surface area contributed by atoms with Crippen LogP contribution in [0.1, 0.15) is 30.5 Å². The summed E-state index contributed by atoms with van der Waals surface area (Å²) in [5, 5.41) is 3.06. The molecule has 0 spiro atoms. The van der Waals surface area contributed by atoms with Crippen molar-refractivity contribution in [1.29, 1.82) is 0 Å². The van der Waals surface area contributed by atoms with E-state index in [1.165, 1.54) is 31.4 Å². The lowest BCUT2D eigenvalue weighted by Gasteiger charge is -2.31. The number of likely N-dealkylation sites (N-methyl/N-ethyl adjacent to an activating group) is 1. The Hall–Kier alpha value is -2.77. The number of amides is 1. The van der Waals surface area contributed by atoms with Crippen molar-refractivity contribution in [2.45, 2.75) is 38.3 Å². The van der Waals surface area contributed by atoms with E-state index in [9.17, 15) is 9.18 Å². The lowest BCUT2D eigenvalue weighted by molar-refractivity contribution is -0.123. The number of carbonyl (C=O) groups excluding carboxylic acids is 1. The van der Waals surface area contributed by atoms with Crippen LogP contribution in [0.2, 0.25) is 0 Å². The normalized spacial score (nSPS) is 15.0. The molecule has 1 amide bonds. The van der Waals surface area contributed by atoms with Gasteiger partial charge in [0.15, 0.2) is 5.13 Å². The smallest absolute Gasteiger partial charge is 0.245 e. The van der Waals surface area contributed by atoms with E-state index in [0.29, 0.717) is 18.7 Å². The third kappa shape index (κ3) is 5.97. The molecule has 1 saturated heterocycles. The largest absolute Gasteiger partial charge is 0.348 e. The van der Waals surface area contributed by atoms with E-state index < -0.39 is 0 Å². The van der Waals surface area contributed by atoms with Gasteiger partial charge in [-0.15, -0.1) is 11.3 Å². The highest BCUT2D eigenvalue weighted by molar-refractivity contribution is 7.13. The number of thiazole rings is 1. The first kappa shape index (κ1) is 23.4. The second-order valence-electron chi connectivity index (χ2n) is 8.74. The molecule has 33 heavy (non-hydrogen) atoms. The van der Waals surface area contributed by atoms with Gasteiger partial charge in [0.2, 0.25) is 5.91 Å². The van der Waals surface area contributed by atoms with Gasteiger partial charge in [-0.25, -0.2) is 9.37 Å². The fraction of sp³-hybridized carbons (Fsp3) is 0.385. The molecule has 0 radical (unpaired) electrons. The maximum Gasteiger partial charge on any atom is 0.245 e. The molecular weight excluding hydrogens is 435 g/mol. The Morgan fingerprint density at radius 3 is 2.42 bits per heavy atom. The molecule has 0 N–H and O–H groups in total. The van der Waals surface area contributed by atoms with Gasteiger partial charge in [0.05, 0.1) is 18.3 Å². The Morgan fingerprint density at radius 1 is 1.06 bits per heavy atom. The zero-order chi connectivity index (χ0) is 23.2. The highest BCUT2D eigenvalue weighted by Gasteiger charge is 2.28. The average molecular weight is 467 g/mol. The summed E-state index contributed by atoms with van der Waals surface area (Å²) >= 11 is 1.63. The highest BCUT2D eigenvalue weighted by Crippen LogP contribution is 2.27. The van der Waals surface area contributed by atoms with Crippen molar-refractivity contribution < 1.29 is 9.18 Å². The Morgan fingerprint density at radius 2 is 1.76 bits per heavy atom. The molecule has 0 saturated carbocycles. The Labute approximate surface area is 199 Å². The standard InChI is InChI=1S/C26H31FN4OS/c1-29(2)24(17-20-9-5-3-6-10-20)25(32)31(23-13-11-21(27)12-14-23)18-22-19-33-26(28-22)30-15-7-4-8-16-30/h3,5-6,9-14,19,24H,4,7-8,15-18H2,1-2H3. The number of aromatic nitrogens is 1. The van der Waals surface area contributed by atoms with E-state index in [0.717, 1.165) is 29.5 Å². The van der Waals surface area contributed by atoms with E-state index in [-0.39, 0.29) is 17.8 Å². The molecule has 7 heteroatoms. The van der Waals surface area contributed by atoms with Crippen molar-refractivity contribution >= 4 is 28.1 Å². The number of anilines is 2. The molecule has 2 aromatic carbocycles. The molecule has 174 valence electrons. The molecule has 1 aromatic heterocycles. The van der Waals surface area contributed by atoms with Gasteiger partial charge in [0, 0.05) is 24.2 Å². The number of hydrogen-bond acceptors (Lipinski definition) is 5. The van der Waals surface area contributed by atoms with Crippen LogP contribution in [0, 0.1) is 5.82 Å². The van der Waals surface area contributed by atoms with Crippen LogP contribution in [-0.2, 0) is 17.8 Å². The van der Waals surface area contributed by atoms with Crippen molar-refractivity contribution in [2.24, 2.45) is 0 Å². The second-order valence-corrected chi connectivity index (χ2v) is 9.58. The third-order valence-electron chi connectivity index (χ3n) is 6.07. The minimum absolute atomic E-state index is 0.0250. The van der Waals surface area contributed by atoms with Crippen LogP contribution in [0.5, 0.6) is 0 Å². The number of hydrogen-bond donors (Lipinski definition) is 0. The first-order valence-corrected chi connectivity index (χ1v) is 12.4. The summed E-state index contributed by atoms with van der Waals surface area (Å²) in [6.45, 7) is 2.43. The van der Waals surface area contributed by atoms with Crippen LogP contribution in [0.15, 0.2) is 60.0 Å². The van der Waals surface area contributed by atoms with Crippen LogP contribution >= 0.6 is 11.3 Å². The van der Waals surface area contributed by atoms with Gasteiger partial charge in [0.1, 0.15) is 5.82 Å². The Kier molecular flexibility index (Phi) is 7.73. The Bertz CT molecular complexity index is 1030. The summed E-state index contributed by atoms with van der Waals surface area (Å²) in [6, 6.07) is 15.8. The third-order valence-corrected chi connectivity index (χ3v) is 7.02. The molecule has 0 aliphatic carbocycles. The fourth-order valence-corrected chi connectivity index (χ4v) is 5.06. The van der Waals surface area contributed by atoms with E-state index in [2.05, 4.69) is 4.90 Å². The van der Waals surface area contributed by atoms with Gasteiger partial charge in [-0.3, -0.25) is 9.69 Å². The SMILES string of the molecule is CN(C)C(Cc1ccccc1)C(=O)N(Cc1csc(N2CCCCC2)n1)c1ccc(F)cc1. The number of nitrogens with zero attached hydrogens (tertiary/aromatic N) is 4. The quantitative estimate of drug-likeness (QED) is 0.470. The molecular formula is C26H31FN4OS.